The van der Waals surface area contributed by atoms with Gasteiger partial charge in [0.1, 0.15) is 4.88 Å². The second-order valence-electron chi connectivity index (χ2n) is 5.25. The fourth-order valence-corrected chi connectivity index (χ4v) is 3.55. The molecule has 1 aliphatic rings. The van der Waals surface area contributed by atoms with E-state index in [9.17, 15) is 4.79 Å². The molecule has 1 amide bonds. The molecule has 112 valence electrons. The second-order valence-corrected chi connectivity index (χ2v) is 6.25. The Hall–Kier alpha value is -1.89. The molecule has 0 aromatic carbocycles. The van der Waals surface area contributed by atoms with Gasteiger partial charge in [-0.2, -0.15) is 5.10 Å². The maximum Gasteiger partial charge on any atom is 0.263 e. The Morgan fingerprint density at radius 2 is 2.43 bits per heavy atom. The van der Waals surface area contributed by atoms with E-state index in [1.54, 1.807) is 0 Å². The lowest BCUT2D eigenvalue weighted by Gasteiger charge is -2.22. The Kier molecular flexibility index (Phi) is 3.92. The van der Waals surface area contributed by atoms with Gasteiger partial charge in [-0.05, 0) is 32.3 Å². The number of carbonyl (C=O) groups is 1. The van der Waals surface area contributed by atoms with Crippen molar-refractivity contribution in [2.75, 3.05) is 11.9 Å². The SMILES string of the molecule is CCNc1nc(C)c(C(=O)NC2CCc3cn[nH]c3C2)s1. The Morgan fingerprint density at radius 3 is 3.24 bits per heavy atom. The van der Waals surface area contributed by atoms with E-state index in [0.29, 0.717) is 4.88 Å². The smallest absolute Gasteiger partial charge is 0.263 e. The van der Waals surface area contributed by atoms with Crippen LogP contribution in [-0.4, -0.2) is 33.7 Å². The van der Waals surface area contributed by atoms with E-state index in [1.807, 2.05) is 20.0 Å². The van der Waals surface area contributed by atoms with Crippen LogP contribution in [0.3, 0.4) is 0 Å². The van der Waals surface area contributed by atoms with E-state index >= 15 is 0 Å². The molecule has 0 spiro atoms. The average molecular weight is 305 g/mol. The van der Waals surface area contributed by atoms with Crippen molar-refractivity contribution in [2.24, 2.45) is 0 Å². The summed E-state index contributed by atoms with van der Waals surface area (Å²) in [4.78, 5) is 17.5. The molecular weight excluding hydrogens is 286 g/mol. The summed E-state index contributed by atoms with van der Waals surface area (Å²) in [7, 11) is 0. The molecule has 0 saturated heterocycles. The van der Waals surface area contributed by atoms with Crippen LogP contribution in [-0.2, 0) is 12.8 Å². The number of aromatic amines is 1. The van der Waals surface area contributed by atoms with E-state index < -0.39 is 0 Å². The van der Waals surface area contributed by atoms with Gasteiger partial charge in [-0.3, -0.25) is 9.89 Å². The molecule has 6 nitrogen and oxygen atoms in total. The van der Waals surface area contributed by atoms with Gasteiger partial charge >= 0.3 is 0 Å². The standard InChI is InChI=1S/C14H19N5OS/c1-3-15-14-17-8(2)12(21-14)13(20)18-10-5-4-9-7-16-19-11(9)6-10/h7,10H,3-6H2,1-2H3,(H,15,17)(H,16,19)(H,18,20). The number of nitrogens with zero attached hydrogens (tertiary/aromatic N) is 2. The second kappa shape index (κ2) is 5.85. The van der Waals surface area contributed by atoms with Gasteiger partial charge < -0.3 is 10.6 Å². The fourth-order valence-electron chi connectivity index (χ4n) is 2.62. The molecule has 2 aromatic heterocycles. The molecule has 1 aliphatic carbocycles. The zero-order valence-corrected chi connectivity index (χ0v) is 13.0. The van der Waals surface area contributed by atoms with E-state index in [2.05, 4.69) is 25.8 Å². The van der Waals surface area contributed by atoms with Gasteiger partial charge in [-0.1, -0.05) is 11.3 Å². The van der Waals surface area contributed by atoms with Crippen LogP contribution in [0.25, 0.3) is 0 Å². The first kappa shape index (κ1) is 14.1. The summed E-state index contributed by atoms with van der Waals surface area (Å²) in [6, 6.07) is 0.162. The van der Waals surface area contributed by atoms with Crippen molar-refractivity contribution < 1.29 is 4.79 Å². The van der Waals surface area contributed by atoms with Crippen LogP contribution < -0.4 is 10.6 Å². The number of amides is 1. The van der Waals surface area contributed by atoms with Gasteiger partial charge in [0.2, 0.25) is 0 Å². The molecule has 2 heterocycles. The lowest BCUT2D eigenvalue weighted by molar-refractivity contribution is 0.0937. The molecule has 3 N–H and O–H groups in total. The lowest BCUT2D eigenvalue weighted by atomic mass is 9.94. The molecule has 1 atom stereocenters. The van der Waals surface area contributed by atoms with Crippen LogP contribution >= 0.6 is 11.3 Å². The van der Waals surface area contributed by atoms with Crippen molar-refractivity contribution in [2.45, 2.75) is 39.2 Å². The van der Waals surface area contributed by atoms with Gasteiger partial charge in [-0.25, -0.2) is 4.98 Å². The molecule has 0 radical (unpaired) electrons. The Morgan fingerprint density at radius 1 is 1.57 bits per heavy atom. The largest absolute Gasteiger partial charge is 0.362 e. The Bertz CT molecular complexity index is 648. The quantitative estimate of drug-likeness (QED) is 0.805. The van der Waals surface area contributed by atoms with Gasteiger partial charge in [-0.15, -0.1) is 0 Å². The summed E-state index contributed by atoms with van der Waals surface area (Å²) in [6.07, 6.45) is 4.61. The topological polar surface area (TPSA) is 82.7 Å². The van der Waals surface area contributed by atoms with Crippen molar-refractivity contribution in [3.63, 3.8) is 0 Å². The first-order chi connectivity index (χ1) is 10.2. The Labute approximate surface area is 127 Å². The van der Waals surface area contributed by atoms with E-state index in [0.717, 1.165) is 42.3 Å². The van der Waals surface area contributed by atoms with Crippen molar-refractivity contribution in [1.82, 2.24) is 20.5 Å². The third-order valence-electron chi connectivity index (χ3n) is 3.69. The monoisotopic (exact) mass is 305 g/mol. The molecule has 7 heteroatoms. The number of hydrogen-bond acceptors (Lipinski definition) is 5. The third kappa shape index (κ3) is 2.92. The summed E-state index contributed by atoms with van der Waals surface area (Å²) in [6.45, 7) is 4.69. The van der Waals surface area contributed by atoms with Crippen LogP contribution in [0.4, 0.5) is 5.13 Å². The summed E-state index contributed by atoms with van der Waals surface area (Å²) >= 11 is 1.41. The highest BCUT2D eigenvalue weighted by Gasteiger charge is 2.23. The minimum Gasteiger partial charge on any atom is -0.362 e. The molecule has 3 rings (SSSR count). The van der Waals surface area contributed by atoms with E-state index in [4.69, 9.17) is 0 Å². The normalized spacial score (nSPS) is 17.3. The minimum atomic E-state index is -0.0258. The van der Waals surface area contributed by atoms with Crippen molar-refractivity contribution in [3.05, 3.63) is 28.0 Å². The van der Waals surface area contributed by atoms with Gasteiger partial charge in [0.05, 0.1) is 11.9 Å². The van der Waals surface area contributed by atoms with E-state index in [1.165, 1.54) is 16.9 Å². The molecule has 21 heavy (non-hydrogen) atoms. The highest BCUT2D eigenvalue weighted by atomic mass is 32.1. The van der Waals surface area contributed by atoms with E-state index in [-0.39, 0.29) is 11.9 Å². The number of fused-ring (bicyclic) bond motifs is 1. The summed E-state index contributed by atoms with van der Waals surface area (Å²) < 4.78 is 0. The molecule has 1 unspecified atom stereocenters. The molecule has 0 saturated carbocycles. The van der Waals surface area contributed by atoms with Crippen LogP contribution in [0.1, 0.15) is 40.0 Å². The number of aromatic nitrogens is 3. The van der Waals surface area contributed by atoms with Crippen LogP contribution in [0, 0.1) is 6.92 Å². The summed E-state index contributed by atoms with van der Waals surface area (Å²) in [5.41, 5.74) is 3.19. The van der Waals surface area contributed by atoms with Crippen molar-refractivity contribution in [1.29, 1.82) is 0 Å². The first-order valence-corrected chi connectivity index (χ1v) is 8.02. The molecule has 0 bridgehead atoms. The Balaban J connectivity index is 1.67. The van der Waals surface area contributed by atoms with Gasteiger partial charge in [0.25, 0.3) is 5.91 Å². The molecule has 2 aromatic rings. The van der Waals surface area contributed by atoms with Crippen LogP contribution in [0.2, 0.25) is 0 Å². The highest BCUT2D eigenvalue weighted by molar-refractivity contribution is 7.17. The third-order valence-corrected chi connectivity index (χ3v) is 4.80. The number of hydrogen-bond donors (Lipinski definition) is 3. The number of carbonyl (C=O) groups excluding carboxylic acids is 1. The minimum absolute atomic E-state index is 0.0258. The van der Waals surface area contributed by atoms with Gasteiger partial charge in [0.15, 0.2) is 5.13 Å². The van der Waals surface area contributed by atoms with Crippen molar-refractivity contribution in [3.8, 4) is 0 Å². The zero-order chi connectivity index (χ0) is 14.8. The molecule has 0 aliphatic heterocycles. The van der Waals surface area contributed by atoms with Crippen LogP contribution in [0.5, 0.6) is 0 Å². The average Bonchev–Trinajstić information content (AvgIpc) is 3.05. The molecule has 0 fully saturated rings. The maximum atomic E-state index is 12.4. The first-order valence-electron chi connectivity index (χ1n) is 7.20. The number of aryl methyl sites for hydroxylation is 2. The summed E-state index contributed by atoms with van der Waals surface area (Å²) in [5, 5.41) is 14.1. The number of H-pyrrole nitrogens is 1. The predicted octanol–water partition coefficient (Wildman–Crippen LogP) is 1.89. The highest BCUT2D eigenvalue weighted by Crippen LogP contribution is 2.24. The van der Waals surface area contributed by atoms with Crippen molar-refractivity contribution >= 4 is 22.4 Å². The number of nitrogens with one attached hydrogen (secondary N) is 3. The number of anilines is 1. The maximum absolute atomic E-state index is 12.4. The summed E-state index contributed by atoms with van der Waals surface area (Å²) in [5.74, 6) is -0.0258. The fraction of sp³-hybridized carbons (Fsp3) is 0.500. The van der Waals surface area contributed by atoms with Crippen LogP contribution in [0.15, 0.2) is 6.20 Å². The predicted molar refractivity (Wildman–Crippen MR) is 82.9 cm³/mol. The number of rotatable bonds is 4. The number of thiazole rings is 1. The lowest BCUT2D eigenvalue weighted by Crippen LogP contribution is -2.38. The zero-order valence-electron chi connectivity index (χ0n) is 12.2. The molecular formula is C14H19N5OS. The van der Waals surface area contributed by atoms with Gasteiger partial charge in [0, 0.05) is 24.7 Å².